The van der Waals surface area contributed by atoms with Crippen molar-refractivity contribution in [3.63, 3.8) is 0 Å². The molecule has 2 rings (SSSR count). The van der Waals surface area contributed by atoms with Crippen LogP contribution in [0, 0.1) is 19.7 Å². The number of carbonyl (C=O) groups is 1. The number of hydrogen-bond acceptors (Lipinski definition) is 3. The Morgan fingerprint density at radius 3 is 2.74 bits per heavy atom. The first kappa shape index (κ1) is 13.5. The number of benzene rings is 1. The van der Waals surface area contributed by atoms with Crippen LogP contribution in [-0.4, -0.2) is 11.1 Å². The van der Waals surface area contributed by atoms with E-state index in [-0.39, 0.29) is 5.82 Å². The highest BCUT2D eigenvalue weighted by atomic mass is 32.1. The molecule has 2 N–H and O–H groups in total. The maximum absolute atomic E-state index is 13.6. The first-order chi connectivity index (χ1) is 8.97. The molecule has 100 valence electrons. The summed E-state index contributed by atoms with van der Waals surface area (Å²) >= 11 is 1.23. The molecule has 0 atom stereocenters. The van der Waals surface area contributed by atoms with Crippen molar-refractivity contribution in [2.45, 2.75) is 20.4 Å². The summed E-state index contributed by atoms with van der Waals surface area (Å²) in [6.45, 7) is 4.17. The summed E-state index contributed by atoms with van der Waals surface area (Å²) in [6.07, 6.45) is 0. The van der Waals surface area contributed by atoms with Gasteiger partial charge in [0.1, 0.15) is 10.7 Å². The van der Waals surface area contributed by atoms with Gasteiger partial charge in [0.05, 0.1) is 5.69 Å². The maximum Gasteiger partial charge on any atom is 0.345 e. The molecule has 1 heterocycles. The molecule has 0 aliphatic rings. The van der Waals surface area contributed by atoms with Crippen LogP contribution in [0.1, 0.15) is 25.7 Å². The van der Waals surface area contributed by atoms with Gasteiger partial charge >= 0.3 is 5.97 Å². The molecule has 19 heavy (non-hydrogen) atoms. The number of thiophene rings is 1. The highest BCUT2D eigenvalue weighted by molar-refractivity contribution is 7.14. The molecule has 1 aromatic carbocycles. The summed E-state index contributed by atoms with van der Waals surface area (Å²) in [5, 5.41) is 11.9. The van der Waals surface area contributed by atoms with Crippen LogP contribution >= 0.6 is 11.3 Å². The van der Waals surface area contributed by atoms with Crippen LogP contribution in [0.15, 0.2) is 24.3 Å². The number of nitrogens with one attached hydrogen (secondary N) is 1. The zero-order valence-electron chi connectivity index (χ0n) is 10.7. The Morgan fingerprint density at radius 2 is 2.11 bits per heavy atom. The zero-order valence-corrected chi connectivity index (χ0v) is 11.5. The van der Waals surface area contributed by atoms with Crippen LogP contribution in [0.4, 0.5) is 10.1 Å². The van der Waals surface area contributed by atoms with Gasteiger partial charge in [-0.3, -0.25) is 0 Å². The number of anilines is 1. The molecule has 0 aliphatic carbocycles. The van der Waals surface area contributed by atoms with Crippen molar-refractivity contribution < 1.29 is 14.3 Å². The van der Waals surface area contributed by atoms with E-state index in [9.17, 15) is 9.18 Å². The number of halogens is 1. The van der Waals surface area contributed by atoms with Gasteiger partial charge in [0.25, 0.3) is 0 Å². The minimum atomic E-state index is -0.930. The van der Waals surface area contributed by atoms with Gasteiger partial charge in [-0.1, -0.05) is 6.07 Å². The number of carboxylic acid groups (broad SMARTS) is 1. The van der Waals surface area contributed by atoms with Crippen LogP contribution in [0.2, 0.25) is 0 Å². The van der Waals surface area contributed by atoms with E-state index < -0.39 is 5.97 Å². The second-order valence-electron chi connectivity index (χ2n) is 4.33. The molecule has 0 aliphatic heterocycles. The highest BCUT2D eigenvalue weighted by Crippen LogP contribution is 2.23. The standard InChI is InChI=1S/C14H14FNO2S/c1-8-3-4-11(15)12(5-8)16-7-10-6-13(14(17)18)19-9(10)2/h3-6,16H,7H2,1-2H3,(H,17,18). The van der Waals surface area contributed by atoms with E-state index in [0.717, 1.165) is 16.0 Å². The molecule has 2 aromatic rings. The number of carboxylic acids is 1. The second-order valence-corrected chi connectivity index (χ2v) is 5.59. The Kier molecular flexibility index (Phi) is 3.85. The van der Waals surface area contributed by atoms with E-state index in [1.807, 2.05) is 13.8 Å². The third-order valence-corrected chi connectivity index (χ3v) is 3.90. The summed E-state index contributed by atoms with van der Waals surface area (Å²) in [4.78, 5) is 12.1. The fraction of sp³-hybridized carbons (Fsp3) is 0.214. The van der Waals surface area contributed by atoms with E-state index in [1.165, 1.54) is 17.4 Å². The fourth-order valence-corrected chi connectivity index (χ4v) is 2.65. The Bertz CT molecular complexity index is 622. The number of aromatic carboxylic acids is 1. The molecule has 0 saturated heterocycles. The summed E-state index contributed by atoms with van der Waals surface area (Å²) < 4.78 is 13.6. The monoisotopic (exact) mass is 279 g/mol. The second kappa shape index (κ2) is 5.40. The van der Waals surface area contributed by atoms with Crippen molar-refractivity contribution in [1.82, 2.24) is 0 Å². The highest BCUT2D eigenvalue weighted by Gasteiger charge is 2.11. The average molecular weight is 279 g/mol. The van der Waals surface area contributed by atoms with Crippen molar-refractivity contribution in [1.29, 1.82) is 0 Å². The molecule has 3 nitrogen and oxygen atoms in total. The predicted molar refractivity (Wildman–Crippen MR) is 74.5 cm³/mol. The largest absolute Gasteiger partial charge is 0.477 e. The third-order valence-electron chi connectivity index (χ3n) is 2.82. The molecule has 0 spiro atoms. The Labute approximate surface area is 114 Å². The lowest BCUT2D eigenvalue weighted by molar-refractivity contribution is 0.0702. The molecular weight excluding hydrogens is 265 g/mol. The van der Waals surface area contributed by atoms with Gasteiger partial charge in [-0.2, -0.15) is 0 Å². The molecule has 0 saturated carbocycles. The van der Waals surface area contributed by atoms with Crippen LogP contribution in [0.5, 0.6) is 0 Å². The predicted octanol–water partition coefficient (Wildman–Crippen LogP) is 3.81. The molecule has 0 amide bonds. The Morgan fingerprint density at radius 1 is 1.37 bits per heavy atom. The van der Waals surface area contributed by atoms with E-state index in [2.05, 4.69) is 5.32 Å². The summed E-state index contributed by atoms with van der Waals surface area (Å²) in [6, 6.07) is 6.48. The zero-order chi connectivity index (χ0) is 14.0. The smallest absolute Gasteiger partial charge is 0.345 e. The first-order valence-electron chi connectivity index (χ1n) is 5.80. The van der Waals surface area contributed by atoms with Crippen LogP contribution in [-0.2, 0) is 6.54 Å². The Balaban J connectivity index is 2.14. The van der Waals surface area contributed by atoms with Crippen molar-refractivity contribution in [2.75, 3.05) is 5.32 Å². The van der Waals surface area contributed by atoms with Gasteiger partial charge in [-0.15, -0.1) is 11.3 Å². The van der Waals surface area contributed by atoms with E-state index in [4.69, 9.17) is 5.11 Å². The van der Waals surface area contributed by atoms with Gasteiger partial charge in [0, 0.05) is 11.4 Å². The number of rotatable bonds is 4. The lowest BCUT2D eigenvalue weighted by Crippen LogP contribution is -2.02. The minimum Gasteiger partial charge on any atom is -0.477 e. The molecule has 5 heteroatoms. The molecule has 1 aromatic heterocycles. The van der Waals surface area contributed by atoms with Gasteiger partial charge in [0.2, 0.25) is 0 Å². The van der Waals surface area contributed by atoms with E-state index in [1.54, 1.807) is 18.2 Å². The average Bonchev–Trinajstić information content (AvgIpc) is 2.72. The quantitative estimate of drug-likeness (QED) is 0.894. The molecule has 0 bridgehead atoms. The van der Waals surface area contributed by atoms with Crippen molar-refractivity contribution in [2.24, 2.45) is 0 Å². The number of hydrogen-bond donors (Lipinski definition) is 2. The van der Waals surface area contributed by atoms with Crippen LogP contribution in [0.25, 0.3) is 0 Å². The number of aryl methyl sites for hydroxylation is 2. The third kappa shape index (κ3) is 3.12. The lowest BCUT2D eigenvalue weighted by Gasteiger charge is -2.08. The van der Waals surface area contributed by atoms with E-state index in [0.29, 0.717) is 17.1 Å². The summed E-state index contributed by atoms with van der Waals surface area (Å²) in [5.74, 6) is -1.24. The maximum atomic E-state index is 13.6. The molecule has 0 unspecified atom stereocenters. The van der Waals surface area contributed by atoms with Gasteiger partial charge in [0.15, 0.2) is 0 Å². The molecule has 0 fully saturated rings. The summed E-state index contributed by atoms with van der Waals surface area (Å²) in [5.41, 5.74) is 2.28. The van der Waals surface area contributed by atoms with Crippen molar-refractivity contribution >= 4 is 23.0 Å². The lowest BCUT2D eigenvalue weighted by atomic mass is 10.2. The molecule has 0 radical (unpaired) electrons. The van der Waals surface area contributed by atoms with Crippen LogP contribution < -0.4 is 5.32 Å². The van der Waals surface area contributed by atoms with E-state index >= 15 is 0 Å². The normalized spacial score (nSPS) is 10.5. The molecular formula is C14H14FNO2S. The summed E-state index contributed by atoms with van der Waals surface area (Å²) in [7, 11) is 0. The van der Waals surface area contributed by atoms with Crippen molar-refractivity contribution in [3.8, 4) is 0 Å². The fourth-order valence-electron chi connectivity index (χ4n) is 1.77. The van der Waals surface area contributed by atoms with Gasteiger partial charge < -0.3 is 10.4 Å². The van der Waals surface area contributed by atoms with Crippen molar-refractivity contribution in [3.05, 3.63) is 51.0 Å². The topological polar surface area (TPSA) is 49.3 Å². The SMILES string of the molecule is Cc1ccc(F)c(NCc2cc(C(=O)O)sc2C)c1. The Hall–Kier alpha value is -1.88. The van der Waals surface area contributed by atoms with Gasteiger partial charge in [-0.05, 0) is 43.2 Å². The first-order valence-corrected chi connectivity index (χ1v) is 6.61. The van der Waals surface area contributed by atoms with Gasteiger partial charge in [-0.25, -0.2) is 9.18 Å². The van der Waals surface area contributed by atoms with Crippen LogP contribution in [0.3, 0.4) is 0 Å². The minimum absolute atomic E-state index is 0.305.